The summed E-state index contributed by atoms with van der Waals surface area (Å²) in [6.07, 6.45) is 1.24. The van der Waals surface area contributed by atoms with E-state index >= 15 is 0 Å². The Hall–Kier alpha value is -3.10. The molecule has 0 spiro atoms. The second-order valence-corrected chi connectivity index (χ2v) is 5.00. The molecule has 0 aliphatic carbocycles. The fourth-order valence-corrected chi connectivity index (χ4v) is 2.14. The summed E-state index contributed by atoms with van der Waals surface area (Å²) in [4.78, 5) is 25.9. The van der Waals surface area contributed by atoms with Crippen molar-refractivity contribution in [1.29, 1.82) is 0 Å². The molecule has 0 unspecified atom stereocenters. The van der Waals surface area contributed by atoms with E-state index in [2.05, 4.69) is 10.3 Å². The number of ether oxygens (including phenoxy) is 2. The number of amides is 1. The summed E-state index contributed by atoms with van der Waals surface area (Å²) in [5, 5.41) is 13.4. The Morgan fingerprint density at radius 3 is 2.62 bits per heavy atom. The molecule has 1 aromatic carbocycles. The lowest BCUT2D eigenvalue weighted by atomic mass is 10.2. The van der Waals surface area contributed by atoms with Crippen molar-refractivity contribution >= 4 is 11.7 Å². The van der Waals surface area contributed by atoms with Crippen LogP contribution >= 0.6 is 0 Å². The summed E-state index contributed by atoms with van der Waals surface area (Å²) in [6.45, 7) is 1.86. The number of carbonyl (C=O) groups excluding carboxylic acids is 1. The van der Waals surface area contributed by atoms with E-state index in [1.165, 1.54) is 17.9 Å². The maximum absolute atomic E-state index is 12.0. The van der Waals surface area contributed by atoms with Gasteiger partial charge in [0.15, 0.2) is 11.5 Å². The fraction of sp³-hybridized carbons (Fsp3) is 0.333. The zero-order valence-corrected chi connectivity index (χ0v) is 13.6. The average molecular weight is 334 g/mol. The van der Waals surface area contributed by atoms with Crippen LogP contribution in [-0.4, -0.2) is 34.6 Å². The first-order valence-electron chi connectivity index (χ1n) is 7.10. The van der Waals surface area contributed by atoms with Gasteiger partial charge in [-0.15, -0.1) is 0 Å². The number of benzene rings is 1. The number of methoxy groups -OCH3 is 2. The van der Waals surface area contributed by atoms with Crippen LogP contribution in [-0.2, 0) is 17.9 Å². The van der Waals surface area contributed by atoms with Gasteiger partial charge < -0.3 is 24.9 Å². The van der Waals surface area contributed by atoms with Crippen LogP contribution in [0.15, 0.2) is 24.4 Å². The number of hydrogen-bond acceptors (Lipinski definition) is 6. The fourth-order valence-electron chi connectivity index (χ4n) is 2.14. The van der Waals surface area contributed by atoms with Gasteiger partial charge in [-0.3, -0.25) is 9.36 Å². The lowest BCUT2D eigenvalue weighted by Gasteiger charge is -2.10. The molecule has 1 aromatic heterocycles. The van der Waals surface area contributed by atoms with Gasteiger partial charge in [0.25, 0.3) is 0 Å². The molecule has 2 aromatic rings. The van der Waals surface area contributed by atoms with E-state index in [0.717, 1.165) is 5.56 Å². The van der Waals surface area contributed by atoms with E-state index in [0.29, 0.717) is 23.9 Å². The molecule has 1 heterocycles. The number of aryl methyl sites for hydroxylation is 1. The van der Waals surface area contributed by atoms with Gasteiger partial charge in [0.1, 0.15) is 12.7 Å². The topological polar surface area (TPSA) is 109 Å². The molecule has 9 heteroatoms. The van der Waals surface area contributed by atoms with Crippen molar-refractivity contribution in [3.05, 3.63) is 45.9 Å². The first kappa shape index (κ1) is 17.3. The highest BCUT2D eigenvalue weighted by Gasteiger charge is 2.16. The minimum Gasteiger partial charge on any atom is -0.493 e. The third kappa shape index (κ3) is 4.00. The normalized spacial score (nSPS) is 10.3. The average Bonchev–Trinajstić information content (AvgIpc) is 2.93. The van der Waals surface area contributed by atoms with Crippen LogP contribution in [0.5, 0.6) is 11.5 Å². The molecule has 2 rings (SSSR count). The molecule has 1 amide bonds. The Balaban J connectivity index is 1.97. The quantitative estimate of drug-likeness (QED) is 0.606. The van der Waals surface area contributed by atoms with Gasteiger partial charge in [-0.05, 0) is 27.6 Å². The zero-order chi connectivity index (χ0) is 17.7. The molecule has 0 fully saturated rings. The molecule has 24 heavy (non-hydrogen) atoms. The Morgan fingerprint density at radius 2 is 2.04 bits per heavy atom. The number of carbonyl (C=O) groups is 1. The summed E-state index contributed by atoms with van der Waals surface area (Å²) in [5.74, 6) is 1.03. The summed E-state index contributed by atoms with van der Waals surface area (Å²) in [7, 11) is 3.08. The third-order valence-corrected chi connectivity index (χ3v) is 3.40. The molecular formula is C15H18N4O5. The zero-order valence-electron chi connectivity index (χ0n) is 13.6. The summed E-state index contributed by atoms with van der Waals surface area (Å²) in [5.41, 5.74) is 0.842. The lowest BCUT2D eigenvalue weighted by molar-refractivity contribution is -0.389. The number of imidazole rings is 1. The van der Waals surface area contributed by atoms with Crippen molar-refractivity contribution in [2.45, 2.75) is 20.0 Å². The largest absolute Gasteiger partial charge is 0.493 e. The van der Waals surface area contributed by atoms with Gasteiger partial charge in [0, 0.05) is 13.5 Å². The van der Waals surface area contributed by atoms with Crippen LogP contribution < -0.4 is 14.8 Å². The molecule has 9 nitrogen and oxygen atoms in total. The van der Waals surface area contributed by atoms with Crippen LogP contribution in [0, 0.1) is 17.0 Å². The van der Waals surface area contributed by atoms with Gasteiger partial charge in [0.05, 0.1) is 14.2 Å². The van der Waals surface area contributed by atoms with E-state index in [4.69, 9.17) is 9.47 Å². The van der Waals surface area contributed by atoms with E-state index < -0.39 is 4.92 Å². The van der Waals surface area contributed by atoms with E-state index in [1.807, 2.05) is 6.07 Å². The highest BCUT2D eigenvalue weighted by atomic mass is 16.6. The molecule has 0 aliphatic rings. The van der Waals surface area contributed by atoms with E-state index in [1.54, 1.807) is 26.2 Å². The Bertz CT molecular complexity index is 756. The lowest BCUT2D eigenvalue weighted by Crippen LogP contribution is -2.27. The van der Waals surface area contributed by atoms with E-state index in [-0.39, 0.29) is 18.3 Å². The van der Waals surface area contributed by atoms with Crippen LogP contribution in [0.25, 0.3) is 0 Å². The molecule has 0 radical (unpaired) electrons. The van der Waals surface area contributed by atoms with Crippen molar-refractivity contribution in [1.82, 2.24) is 14.9 Å². The SMILES string of the molecule is COc1ccc(CNC(=O)Cn2cc([N+](=O)[O-])nc2C)cc1OC. The smallest absolute Gasteiger partial charge is 0.381 e. The Kier molecular flexibility index (Phi) is 5.35. The second-order valence-electron chi connectivity index (χ2n) is 5.00. The molecular weight excluding hydrogens is 316 g/mol. The van der Waals surface area contributed by atoms with Crippen LogP contribution in [0.4, 0.5) is 5.82 Å². The number of nitro groups is 1. The minimum absolute atomic E-state index is 0.0417. The van der Waals surface area contributed by atoms with Crippen molar-refractivity contribution in [2.75, 3.05) is 14.2 Å². The number of rotatable bonds is 7. The maximum atomic E-state index is 12.0. The predicted octanol–water partition coefficient (Wildman–Crippen LogP) is 1.43. The van der Waals surface area contributed by atoms with Crippen molar-refractivity contribution in [2.24, 2.45) is 0 Å². The maximum Gasteiger partial charge on any atom is 0.381 e. The first-order chi connectivity index (χ1) is 11.4. The minimum atomic E-state index is -0.592. The van der Waals surface area contributed by atoms with Gasteiger partial charge in [-0.1, -0.05) is 6.07 Å². The summed E-state index contributed by atoms with van der Waals surface area (Å²) in [6, 6.07) is 5.34. The third-order valence-electron chi connectivity index (χ3n) is 3.40. The summed E-state index contributed by atoms with van der Waals surface area (Å²) < 4.78 is 11.8. The van der Waals surface area contributed by atoms with Crippen LogP contribution in [0.3, 0.4) is 0 Å². The molecule has 128 valence electrons. The van der Waals surface area contributed by atoms with Gasteiger partial charge in [-0.25, -0.2) is 0 Å². The monoisotopic (exact) mass is 334 g/mol. The number of nitrogens with zero attached hydrogens (tertiary/aromatic N) is 3. The molecule has 0 saturated heterocycles. The van der Waals surface area contributed by atoms with Gasteiger partial charge in [-0.2, -0.15) is 0 Å². The highest BCUT2D eigenvalue weighted by molar-refractivity contribution is 5.75. The Morgan fingerprint density at radius 1 is 1.33 bits per heavy atom. The molecule has 0 saturated carbocycles. The van der Waals surface area contributed by atoms with Crippen molar-refractivity contribution in [3.8, 4) is 11.5 Å². The van der Waals surface area contributed by atoms with E-state index in [9.17, 15) is 14.9 Å². The molecule has 1 N–H and O–H groups in total. The van der Waals surface area contributed by atoms with Gasteiger partial charge in [0.2, 0.25) is 11.7 Å². The van der Waals surface area contributed by atoms with Crippen LogP contribution in [0.2, 0.25) is 0 Å². The van der Waals surface area contributed by atoms with Crippen molar-refractivity contribution < 1.29 is 19.2 Å². The predicted molar refractivity (Wildman–Crippen MR) is 85.0 cm³/mol. The first-order valence-corrected chi connectivity index (χ1v) is 7.10. The number of aromatic nitrogens is 2. The standard InChI is InChI=1S/C15H18N4O5/c1-10-17-14(19(21)22)8-18(10)9-15(20)16-7-11-4-5-12(23-2)13(6-11)24-3/h4-6,8H,7,9H2,1-3H3,(H,16,20). The molecule has 0 aliphatic heterocycles. The highest BCUT2D eigenvalue weighted by Crippen LogP contribution is 2.27. The molecule has 0 bridgehead atoms. The number of nitrogens with one attached hydrogen (secondary N) is 1. The number of hydrogen-bond donors (Lipinski definition) is 1. The summed E-state index contributed by atoms with van der Waals surface area (Å²) >= 11 is 0. The van der Waals surface area contributed by atoms with Crippen molar-refractivity contribution in [3.63, 3.8) is 0 Å². The second kappa shape index (κ2) is 7.44. The molecule has 0 atom stereocenters. The van der Waals surface area contributed by atoms with Gasteiger partial charge >= 0.3 is 5.82 Å². The van der Waals surface area contributed by atoms with Crippen LogP contribution in [0.1, 0.15) is 11.4 Å². The Labute approximate surface area is 138 Å².